The second-order valence-corrected chi connectivity index (χ2v) is 9.11. The Kier molecular flexibility index (Phi) is 6.34. The third kappa shape index (κ3) is 4.19. The van der Waals surface area contributed by atoms with Crippen LogP contribution in [-0.4, -0.2) is 26.7 Å². The molecule has 0 amide bonds. The summed E-state index contributed by atoms with van der Waals surface area (Å²) < 4.78 is 22.6. The zero-order chi connectivity index (χ0) is 26.3. The zero-order valence-corrected chi connectivity index (χ0v) is 21.2. The van der Waals surface area contributed by atoms with Crippen LogP contribution in [0.25, 0.3) is 5.69 Å². The molecule has 4 aromatic rings. The molecule has 1 fully saturated rings. The molecule has 1 aliphatic heterocycles. The molecule has 3 heterocycles. The van der Waals surface area contributed by atoms with Gasteiger partial charge in [-0.2, -0.15) is 0 Å². The lowest BCUT2D eigenvalue weighted by molar-refractivity contribution is -0.384. The van der Waals surface area contributed by atoms with Crippen LogP contribution < -0.4 is 15.0 Å². The number of nitrogens with one attached hydrogen (secondary N) is 1. The number of nitro benzene ring substituents is 1. The molecule has 0 unspecified atom stereocenters. The van der Waals surface area contributed by atoms with Crippen molar-refractivity contribution in [3.8, 4) is 11.4 Å². The maximum absolute atomic E-state index is 15.1. The maximum Gasteiger partial charge on any atom is 0.273 e. The van der Waals surface area contributed by atoms with Gasteiger partial charge in [0.05, 0.1) is 47.3 Å². The van der Waals surface area contributed by atoms with Crippen LogP contribution in [0.2, 0.25) is 0 Å². The van der Waals surface area contributed by atoms with Crippen LogP contribution in [0.4, 0.5) is 15.8 Å². The summed E-state index contributed by atoms with van der Waals surface area (Å²) in [4.78, 5) is 17.2. The Morgan fingerprint density at radius 1 is 1.08 bits per heavy atom. The molecule has 5 rings (SSSR count). The highest BCUT2D eigenvalue weighted by Gasteiger charge is 2.43. The van der Waals surface area contributed by atoms with Gasteiger partial charge < -0.3 is 19.5 Å². The highest BCUT2D eigenvalue weighted by Crippen LogP contribution is 2.45. The molecule has 1 aliphatic rings. The number of ether oxygens (including phenoxy) is 1. The van der Waals surface area contributed by atoms with Gasteiger partial charge in [-0.05, 0) is 68.0 Å². The maximum atomic E-state index is 15.1. The Morgan fingerprint density at radius 2 is 1.84 bits per heavy atom. The Labute approximate surface area is 218 Å². The minimum Gasteiger partial charge on any atom is -0.494 e. The summed E-state index contributed by atoms with van der Waals surface area (Å²) in [6.45, 7) is 3.90. The molecule has 10 heteroatoms. The van der Waals surface area contributed by atoms with Crippen LogP contribution in [0.1, 0.15) is 34.7 Å². The smallest absolute Gasteiger partial charge is 0.273 e. The van der Waals surface area contributed by atoms with E-state index in [0.29, 0.717) is 22.2 Å². The van der Waals surface area contributed by atoms with Crippen molar-refractivity contribution in [2.24, 2.45) is 0 Å². The fourth-order valence-corrected chi connectivity index (χ4v) is 5.34. The van der Waals surface area contributed by atoms with E-state index in [2.05, 4.69) is 10.3 Å². The van der Waals surface area contributed by atoms with Gasteiger partial charge >= 0.3 is 0 Å². The van der Waals surface area contributed by atoms with Crippen molar-refractivity contribution in [3.63, 3.8) is 0 Å². The molecule has 37 heavy (non-hydrogen) atoms. The van der Waals surface area contributed by atoms with Gasteiger partial charge in [0.1, 0.15) is 11.6 Å². The fourth-order valence-electron chi connectivity index (χ4n) is 5.00. The van der Waals surface area contributed by atoms with Gasteiger partial charge in [0, 0.05) is 23.7 Å². The van der Waals surface area contributed by atoms with E-state index < -0.39 is 11.0 Å². The van der Waals surface area contributed by atoms with Crippen molar-refractivity contribution in [1.29, 1.82) is 0 Å². The van der Waals surface area contributed by atoms with E-state index in [4.69, 9.17) is 17.0 Å². The van der Waals surface area contributed by atoms with E-state index in [0.717, 1.165) is 22.6 Å². The molecule has 0 aliphatic carbocycles. The van der Waals surface area contributed by atoms with Gasteiger partial charge in [0.2, 0.25) is 0 Å². The molecule has 2 aromatic carbocycles. The number of hydrogen-bond acceptors (Lipinski definition) is 5. The van der Waals surface area contributed by atoms with E-state index in [1.54, 1.807) is 35.4 Å². The number of para-hydroxylation sites is 1. The Morgan fingerprint density at radius 3 is 2.51 bits per heavy atom. The van der Waals surface area contributed by atoms with Crippen molar-refractivity contribution in [3.05, 3.63) is 112 Å². The van der Waals surface area contributed by atoms with Crippen molar-refractivity contribution >= 4 is 28.7 Å². The summed E-state index contributed by atoms with van der Waals surface area (Å²) in [5.74, 6) is -0.0148. The third-order valence-corrected chi connectivity index (χ3v) is 6.93. The molecule has 0 radical (unpaired) electrons. The zero-order valence-electron chi connectivity index (χ0n) is 20.4. The number of hydrogen-bond donors (Lipinski definition) is 1. The van der Waals surface area contributed by atoms with Crippen molar-refractivity contribution in [2.45, 2.75) is 25.9 Å². The average Bonchev–Trinajstić information content (AvgIpc) is 3.39. The molecular weight excluding hydrogens is 493 g/mol. The Balaban J connectivity index is 1.70. The van der Waals surface area contributed by atoms with E-state index in [1.807, 2.05) is 42.7 Å². The van der Waals surface area contributed by atoms with Gasteiger partial charge in [-0.1, -0.05) is 18.2 Å². The number of pyridine rings is 1. The second kappa shape index (κ2) is 9.62. The first-order chi connectivity index (χ1) is 17.8. The lowest BCUT2D eigenvalue weighted by atomic mass is 9.96. The summed E-state index contributed by atoms with van der Waals surface area (Å²) >= 11 is 5.72. The van der Waals surface area contributed by atoms with E-state index in [9.17, 15) is 10.1 Å². The lowest BCUT2D eigenvalue weighted by Crippen LogP contribution is -2.30. The van der Waals surface area contributed by atoms with E-state index in [1.165, 1.54) is 25.3 Å². The number of nitrogens with zero attached hydrogens (tertiary/aromatic N) is 4. The van der Waals surface area contributed by atoms with Crippen molar-refractivity contribution < 1.29 is 14.1 Å². The quantitative estimate of drug-likeness (QED) is 0.199. The Hall–Kier alpha value is -4.31. The first kappa shape index (κ1) is 24.4. The van der Waals surface area contributed by atoms with Gasteiger partial charge in [-0.25, -0.2) is 4.39 Å². The minimum atomic E-state index is -0.456. The van der Waals surface area contributed by atoms with Crippen LogP contribution in [0.3, 0.4) is 0 Å². The molecule has 0 spiro atoms. The summed E-state index contributed by atoms with van der Waals surface area (Å²) in [6.07, 6.45) is 1.72. The molecule has 0 bridgehead atoms. The number of thiocarbonyl (C=S) groups is 1. The molecule has 2 atom stereocenters. The van der Waals surface area contributed by atoms with Crippen LogP contribution in [-0.2, 0) is 0 Å². The minimum absolute atomic E-state index is 0.0606. The van der Waals surface area contributed by atoms with Crippen molar-refractivity contribution in [2.75, 3.05) is 12.0 Å². The van der Waals surface area contributed by atoms with Crippen molar-refractivity contribution in [1.82, 2.24) is 14.9 Å². The van der Waals surface area contributed by atoms with Crippen LogP contribution >= 0.6 is 12.2 Å². The third-order valence-electron chi connectivity index (χ3n) is 6.61. The summed E-state index contributed by atoms with van der Waals surface area (Å²) in [5, 5.41) is 15.1. The molecule has 1 saturated heterocycles. The fraction of sp³-hybridized carbons (Fsp3) is 0.185. The van der Waals surface area contributed by atoms with E-state index >= 15 is 4.39 Å². The van der Waals surface area contributed by atoms with Crippen LogP contribution in [0.15, 0.2) is 72.9 Å². The number of benzene rings is 2. The number of aromatic nitrogens is 2. The molecule has 2 aromatic heterocycles. The predicted molar refractivity (Wildman–Crippen MR) is 143 cm³/mol. The first-order valence-electron chi connectivity index (χ1n) is 11.6. The summed E-state index contributed by atoms with van der Waals surface area (Å²) in [7, 11) is 1.48. The highest BCUT2D eigenvalue weighted by atomic mass is 32.1. The number of methoxy groups -OCH3 is 1. The highest BCUT2D eigenvalue weighted by molar-refractivity contribution is 7.80. The molecule has 0 saturated carbocycles. The number of nitro groups is 1. The van der Waals surface area contributed by atoms with Crippen LogP contribution in [0.5, 0.6) is 5.75 Å². The molecule has 1 N–H and O–H groups in total. The molecular formula is C27H24FN5O3S. The topological polar surface area (TPSA) is 85.5 Å². The normalized spacial score (nSPS) is 17.1. The van der Waals surface area contributed by atoms with E-state index in [-0.39, 0.29) is 17.5 Å². The second-order valence-electron chi connectivity index (χ2n) is 8.72. The number of rotatable bonds is 6. The lowest BCUT2D eigenvalue weighted by Gasteiger charge is -2.28. The first-order valence-corrected chi connectivity index (χ1v) is 12.0. The summed E-state index contributed by atoms with van der Waals surface area (Å²) in [6, 6.07) is 18.0. The number of aryl methyl sites for hydroxylation is 1. The average molecular weight is 518 g/mol. The summed E-state index contributed by atoms with van der Waals surface area (Å²) in [5.41, 5.74) is 4.38. The number of halogens is 1. The van der Waals surface area contributed by atoms with Gasteiger partial charge in [-0.15, -0.1) is 0 Å². The molecule has 188 valence electrons. The number of anilines is 1. The van der Waals surface area contributed by atoms with Gasteiger partial charge in [0.15, 0.2) is 5.11 Å². The van der Waals surface area contributed by atoms with Crippen LogP contribution in [0, 0.1) is 29.8 Å². The molecule has 8 nitrogen and oxygen atoms in total. The van der Waals surface area contributed by atoms with Gasteiger partial charge in [-0.3, -0.25) is 15.1 Å². The van der Waals surface area contributed by atoms with Gasteiger partial charge in [0.25, 0.3) is 5.69 Å². The largest absolute Gasteiger partial charge is 0.494 e. The Bertz CT molecular complexity index is 1510. The number of non-ortho nitro benzene ring substituents is 1. The predicted octanol–water partition coefficient (Wildman–Crippen LogP) is 5.72. The standard InChI is InChI=1S/C27H24FN5O3S/c1-16-14-19(17(2)31(16)23-12-11-18(33(34)35)15-24(23)36-3)26-25(21-9-6-7-13-29-21)30-27(37)32(26)22-10-5-4-8-20(22)28/h4-15,25-26H,1-3H3,(H,30,37)/t25-,26+/m1/s1. The monoisotopic (exact) mass is 517 g/mol. The SMILES string of the molecule is COc1cc([N+](=O)[O-])ccc1-n1c(C)cc([C@H]2[C@@H](c3ccccn3)NC(=S)N2c2ccccc2F)c1C.